The van der Waals surface area contributed by atoms with Crippen molar-refractivity contribution in [3.05, 3.63) is 66.0 Å². The molecular weight excluding hydrogens is 467 g/mol. The molecule has 0 aliphatic carbocycles. The second kappa shape index (κ2) is 9.89. The Hall–Kier alpha value is -2.96. The topological polar surface area (TPSA) is 114 Å². The SMILES string of the molecule is Nn1c(SCC(=O)N2CCN(S(=O)(=O)Cc3ccccc3)CC2)nnc1-c1ccccc1F. The summed E-state index contributed by atoms with van der Waals surface area (Å²) >= 11 is 1.10. The van der Waals surface area contributed by atoms with Crippen LogP contribution in [0.25, 0.3) is 11.4 Å². The first-order chi connectivity index (χ1) is 15.8. The third kappa shape index (κ3) is 5.34. The van der Waals surface area contributed by atoms with Gasteiger partial charge in [0, 0.05) is 26.2 Å². The molecule has 174 valence electrons. The highest BCUT2D eigenvalue weighted by atomic mass is 32.2. The van der Waals surface area contributed by atoms with Crippen LogP contribution in [0.15, 0.2) is 59.8 Å². The van der Waals surface area contributed by atoms with Gasteiger partial charge in [0.15, 0.2) is 5.82 Å². The highest BCUT2D eigenvalue weighted by Gasteiger charge is 2.29. The Bertz CT molecular complexity index is 1230. The lowest BCUT2D eigenvalue weighted by atomic mass is 10.2. The predicted molar refractivity (Wildman–Crippen MR) is 124 cm³/mol. The number of benzene rings is 2. The average molecular weight is 491 g/mol. The number of halogens is 1. The van der Waals surface area contributed by atoms with Crippen LogP contribution in [0.2, 0.25) is 0 Å². The molecule has 4 rings (SSSR count). The number of hydrogen-bond donors (Lipinski definition) is 1. The molecule has 0 saturated carbocycles. The fourth-order valence-corrected chi connectivity index (χ4v) is 5.79. The van der Waals surface area contributed by atoms with Gasteiger partial charge in [0.25, 0.3) is 0 Å². The van der Waals surface area contributed by atoms with E-state index in [0.717, 1.165) is 22.0 Å². The third-order valence-electron chi connectivity index (χ3n) is 5.28. The maximum atomic E-state index is 14.0. The molecule has 9 nitrogen and oxygen atoms in total. The van der Waals surface area contributed by atoms with E-state index in [4.69, 9.17) is 5.84 Å². The zero-order valence-corrected chi connectivity index (χ0v) is 19.3. The minimum Gasteiger partial charge on any atom is -0.339 e. The summed E-state index contributed by atoms with van der Waals surface area (Å²) in [7, 11) is -3.45. The second-order valence-electron chi connectivity index (χ2n) is 7.47. The summed E-state index contributed by atoms with van der Waals surface area (Å²) in [5.74, 6) is 5.54. The molecule has 3 aromatic rings. The summed E-state index contributed by atoms with van der Waals surface area (Å²) in [5, 5.41) is 8.18. The number of thioether (sulfide) groups is 1. The van der Waals surface area contributed by atoms with Crippen molar-refractivity contribution in [2.24, 2.45) is 0 Å². The van der Waals surface area contributed by atoms with E-state index in [1.165, 1.54) is 10.4 Å². The first-order valence-electron chi connectivity index (χ1n) is 10.2. The van der Waals surface area contributed by atoms with Gasteiger partial charge in [-0.3, -0.25) is 4.79 Å². The van der Waals surface area contributed by atoms with Crippen molar-refractivity contribution in [1.29, 1.82) is 0 Å². The minimum atomic E-state index is -3.45. The summed E-state index contributed by atoms with van der Waals surface area (Å²) in [4.78, 5) is 14.3. The standard InChI is InChI=1S/C21H23FN6O3S2/c22-18-9-5-4-8-17(18)20-24-25-21(28(20)23)32-14-19(29)26-10-12-27(13-11-26)33(30,31)15-16-6-2-1-3-7-16/h1-9H,10-15,23H2. The number of nitrogens with two attached hydrogens (primary N) is 1. The molecule has 2 aromatic carbocycles. The monoisotopic (exact) mass is 490 g/mol. The van der Waals surface area contributed by atoms with Crippen molar-refractivity contribution < 1.29 is 17.6 Å². The smallest absolute Gasteiger partial charge is 0.233 e. The van der Waals surface area contributed by atoms with Crippen molar-refractivity contribution in [1.82, 2.24) is 24.1 Å². The van der Waals surface area contributed by atoms with Crippen LogP contribution in [0.1, 0.15) is 5.56 Å². The maximum Gasteiger partial charge on any atom is 0.233 e. The molecule has 1 fully saturated rings. The molecule has 0 spiro atoms. The molecule has 1 aliphatic rings. The van der Waals surface area contributed by atoms with Crippen LogP contribution < -0.4 is 5.84 Å². The summed E-state index contributed by atoms with van der Waals surface area (Å²) in [6, 6.07) is 15.1. The van der Waals surface area contributed by atoms with Crippen molar-refractivity contribution in [2.75, 3.05) is 37.8 Å². The lowest BCUT2D eigenvalue weighted by Crippen LogP contribution is -2.51. The molecule has 12 heteroatoms. The van der Waals surface area contributed by atoms with Crippen LogP contribution in [0.5, 0.6) is 0 Å². The number of sulfonamides is 1. The molecule has 0 unspecified atom stereocenters. The predicted octanol–water partition coefficient (Wildman–Crippen LogP) is 1.56. The Morgan fingerprint density at radius 1 is 1.00 bits per heavy atom. The Labute approximate surface area is 195 Å². The van der Waals surface area contributed by atoms with Gasteiger partial charge in [-0.25, -0.2) is 17.5 Å². The lowest BCUT2D eigenvalue weighted by Gasteiger charge is -2.34. The van der Waals surface area contributed by atoms with E-state index in [1.807, 2.05) is 6.07 Å². The highest BCUT2D eigenvalue weighted by Crippen LogP contribution is 2.24. The van der Waals surface area contributed by atoms with Gasteiger partial charge in [0.1, 0.15) is 5.82 Å². The molecule has 2 heterocycles. The van der Waals surface area contributed by atoms with Crippen LogP contribution in [-0.4, -0.2) is 70.3 Å². The minimum absolute atomic E-state index is 0.0589. The largest absolute Gasteiger partial charge is 0.339 e. The van der Waals surface area contributed by atoms with E-state index in [9.17, 15) is 17.6 Å². The number of piperazine rings is 1. The Kier molecular flexibility index (Phi) is 6.96. The third-order valence-corrected chi connectivity index (χ3v) is 8.06. The molecule has 0 bridgehead atoms. The zero-order valence-electron chi connectivity index (χ0n) is 17.7. The van der Waals surface area contributed by atoms with E-state index in [2.05, 4.69) is 10.2 Å². The van der Waals surface area contributed by atoms with Gasteiger partial charge in [-0.1, -0.05) is 54.2 Å². The fraction of sp³-hybridized carbons (Fsp3) is 0.286. The number of amides is 1. The normalized spacial score (nSPS) is 15.0. The fourth-order valence-electron chi connectivity index (χ4n) is 3.51. The van der Waals surface area contributed by atoms with Crippen molar-refractivity contribution in [3.8, 4) is 11.4 Å². The van der Waals surface area contributed by atoms with Gasteiger partial charge >= 0.3 is 0 Å². The molecular formula is C21H23FN6O3S2. The van der Waals surface area contributed by atoms with Crippen molar-refractivity contribution in [2.45, 2.75) is 10.9 Å². The number of rotatable bonds is 7. The van der Waals surface area contributed by atoms with Crippen LogP contribution >= 0.6 is 11.8 Å². The summed E-state index contributed by atoms with van der Waals surface area (Å²) in [6.07, 6.45) is 0. The van der Waals surface area contributed by atoms with Gasteiger partial charge in [-0.15, -0.1) is 10.2 Å². The van der Waals surface area contributed by atoms with Crippen LogP contribution in [0.3, 0.4) is 0 Å². The number of hydrogen-bond acceptors (Lipinski definition) is 7. The lowest BCUT2D eigenvalue weighted by molar-refractivity contribution is -0.129. The van der Waals surface area contributed by atoms with E-state index < -0.39 is 15.8 Å². The van der Waals surface area contributed by atoms with Gasteiger partial charge in [0.05, 0.1) is 17.1 Å². The van der Waals surface area contributed by atoms with Gasteiger partial charge in [-0.05, 0) is 17.7 Å². The molecule has 33 heavy (non-hydrogen) atoms. The van der Waals surface area contributed by atoms with Gasteiger partial charge in [-0.2, -0.15) is 4.31 Å². The maximum absolute atomic E-state index is 14.0. The zero-order chi connectivity index (χ0) is 23.4. The van der Waals surface area contributed by atoms with E-state index >= 15 is 0 Å². The van der Waals surface area contributed by atoms with Crippen molar-refractivity contribution in [3.63, 3.8) is 0 Å². The molecule has 1 amide bonds. The molecule has 1 aromatic heterocycles. The van der Waals surface area contributed by atoms with E-state index in [1.54, 1.807) is 47.4 Å². The van der Waals surface area contributed by atoms with Crippen LogP contribution in [0.4, 0.5) is 4.39 Å². The first-order valence-corrected chi connectivity index (χ1v) is 12.8. The van der Waals surface area contributed by atoms with Crippen LogP contribution in [0, 0.1) is 5.82 Å². The summed E-state index contributed by atoms with van der Waals surface area (Å²) < 4.78 is 42.0. The first kappa shape index (κ1) is 23.2. The van der Waals surface area contributed by atoms with E-state index in [0.29, 0.717) is 13.1 Å². The molecule has 0 atom stereocenters. The number of carbonyl (C=O) groups is 1. The molecule has 0 radical (unpaired) electrons. The number of aromatic nitrogens is 3. The molecule has 1 saturated heterocycles. The summed E-state index contributed by atoms with van der Waals surface area (Å²) in [5.41, 5.74) is 0.951. The molecule has 2 N–H and O–H groups in total. The molecule has 1 aliphatic heterocycles. The summed E-state index contributed by atoms with van der Waals surface area (Å²) in [6.45, 7) is 1.11. The van der Waals surface area contributed by atoms with Crippen molar-refractivity contribution >= 4 is 27.7 Å². The average Bonchev–Trinajstić information content (AvgIpc) is 3.18. The Balaban J connectivity index is 1.31. The Morgan fingerprint density at radius 3 is 2.36 bits per heavy atom. The highest BCUT2D eigenvalue weighted by molar-refractivity contribution is 7.99. The number of nitrogens with zero attached hydrogens (tertiary/aromatic N) is 5. The number of carbonyl (C=O) groups excluding carboxylic acids is 1. The van der Waals surface area contributed by atoms with Crippen LogP contribution in [-0.2, 0) is 20.6 Å². The Morgan fingerprint density at radius 2 is 1.67 bits per heavy atom. The van der Waals surface area contributed by atoms with Gasteiger partial charge < -0.3 is 10.7 Å². The second-order valence-corrected chi connectivity index (χ2v) is 10.4. The quantitative estimate of drug-likeness (QED) is 0.395. The van der Waals surface area contributed by atoms with Gasteiger partial charge in [0.2, 0.25) is 21.1 Å². The number of nitrogen functional groups attached to an aromatic ring is 1. The van der Waals surface area contributed by atoms with E-state index in [-0.39, 0.29) is 47.0 Å².